The SMILES string of the molecule is O=S(=O)(NC1CCSc2ccc(F)cc21)c1ccccc1F. The Bertz CT molecular complexity index is 809. The summed E-state index contributed by atoms with van der Waals surface area (Å²) in [6.45, 7) is 0. The Hall–Kier alpha value is -1.44. The van der Waals surface area contributed by atoms with Gasteiger partial charge in [0.25, 0.3) is 0 Å². The summed E-state index contributed by atoms with van der Waals surface area (Å²) in [5, 5.41) is 0. The Morgan fingerprint density at radius 3 is 2.68 bits per heavy atom. The molecular formula is C15H13F2NO2S2. The highest BCUT2D eigenvalue weighted by molar-refractivity contribution is 7.99. The van der Waals surface area contributed by atoms with Crippen molar-refractivity contribution in [2.75, 3.05) is 5.75 Å². The van der Waals surface area contributed by atoms with E-state index in [-0.39, 0.29) is 0 Å². The van der Waals surface area contributed by atoms with Crippen LogP contribution >= 0.6 is 11.8 Å². The first kappa shape index (κ1) is 15.5. The van der Waals surface area contributed by atoms with Crippen LogP contribution in [0.5, 0.6) is 0 Å². The molecule has 0 bridgehead atoms. The Morgan fingerprint density at radius 2 is 1.91 bits per heavy atom. The van der Waals surface area contributed by atoms with E-state index in [0.717, 1.165) is 11.0 Å². The molecular weight excluding hydrogens is 328 g/mol. The molecule has 1 aliphatic rings. The van der Waals surface area contributed by atoms with E-state index in [4.69, 9.17) is 0 Å². The smallest absolute Gasteiger partial charge is 0.207 e. The third-order valence-corrected chi connectivity index (χ3v) is 6.06. The van der Waals surface area contributed by atoms with Gasteiger partial charge in [0.1, 0.15) is 16.5 Å². The van der Waals surface area contributed by atoms with Gasteiger partial charge in [0, 0.05) is 10.9 Å². The number of thioether (sulfide) groups is 1. The normalized spacial score (nSPS) is 18.0. The largest absolute Gasteiger partial charge is 0.244 e. The number of rotatable bonds is 3. The standard InChI is InChI=1S/C15H13F2NO2S2/c16-10-5-6-14-11(9-10)13(7-8-21-14)18-22(19,20)15-4-2-1-3-12(15)17/h1-6,9,13,18H,7-8H2. The van der Waals surface area contributed by atoms with E-state index >= 15 is 0 Å². The summed E-state index contributed by atoms with van der Waals surface area (Å²) >= 11 is 1.55. The predicted molar refractivity (Wildman–Crippen MR) is 81.2 cm³/mol. The first-order valence-corrected chi connectivity index (χ1v) is 9.13. The molecule has 0 saturated carbocycles. The third-order valence-electron chi connectivity index (χ3n) is 3.43. The fraction of sp³-hybridized carbons (Fsp3) is 0.200. The number of nitrogens with one attached hydrogen (secondary N) is 1. The molecule has 7 heteroatoms. The summed E-state index contributed by atoms with van der Waals surface area (Å²) < 4.78 is 54.4. The van der Waals surface area contributed by atoms with Crippen molar-refractivity contribution in [1.82, 2.24) is 4.72 Å². The zero-order valence-electron chi connectivity index (χ0n) is 11.4. The van der Waals surface area contributed by atoms with E-state index in [9.17, 15) is 17.2 Å². The van der Waals surface area contributed by atoms with Gasteiger partial charge in [0.15, 0.2) is 0 Å². The van der Waals surface area contributed by atoms with Crippen LogP contribution in [0.15, 0.2) is 52.3 Å². The molecule has 1 atom stereocenters. The highest BCUT2D eigenvalue weighted by Crippen LogP contribution is 2.37. The lowest BCUT2D eigenvalue weighted by molar-refractivity contribution is 0.529. The molecule has 1 N–H and O–H groups in total. The van der Waals surface area contributed by atoms with Crippen LogP contribution in [0.4, 0.5) is 8.78 Å². The molecule has 0 aliphatic carbocycles. The summed E-state index contributed by atoms with van der Waals surface area (Å²) in [4.78, 5) is 0.445. The van der Waals surface area contributed by atoms with Crippen LogP contribution in [0.2, 0.25) is 0 Å². The molecule has 3 rings (SSSR count). The summed E-state index contributed by atoms with van der Waals surface area (Å²) in [6.07, 6.45) is 0.523. The second-order valence-electron chi connectivity index (χ2n) is 4.92. The molecule has 0 fully saturated rings. The Labute approximate surface area is 131 Å². The Kier molecular flexibility index (Phi) is 4.20. The monoisotopic (exact) mass is 341 g/mol. The lowest BCUT2D eigenvalue weighted by Gasteiger charge is -2.25. The Morgan fingerprint density at radius 1 is 1.14 bits per heavy atom. The highest BCUT2D eigenvalue weighted by Gasteiger charge is 2.28. The lowest BCUT2D eigenvalue weighted by atomic mass is 10.0. The first-order chi connectivity index (χ1) is 10.5. The molecule has 1 heterocycles. The van der Waals surface area contributed by atoms with Gasteiger partial charge in [-0.25, -0.2) is 21.9 Å². The van der Waals surface area contributed by atoms with Crippen molar-refractivity contribution in [3.05, 3.63) is 59.7 Å². The number of sulfonamides is 1. The van der Waals surface area contributed by atoms with Crippen molar-refractivity contribution in [1.29, 1.82) is 0 Å². The number of halogens is 2. The van der Waals surface area contributed by atoms with Crippen LogP contribution in [0.25, 0.3) is 0 Å². The predicted octanol–water partition coefficient (Wildman–Crippen LogP) is 3.48. The maximum absolute atomic E-state index is 13.7. The lowest BCUT2D eigenvalue weighted by Crippen LogP contribution is -2.31. The van der Waals surface area contributed by atoms with E-state index in [1.807, 2.05) is 0 Å². The minimum atomic E-state index is -4.00. The average molecular weight is 341 g/mol. The van der Waals surface area contributed by atoms with Crippen LogP contribution in [0.1, 0.15) is 18.0 Å². The van der Waals surface area contributed by atoms with E-state index in [2.05, 4.69) is 4.72 Å². The van der Waals surface area contributed by atoms with Crippen molar-refractivity contribution in [3.8, 4) is 0 Å². The summed E-state index contributed by atoms with van der Waals surface area (Å²) in [6, 6.07) is 8.95. The number of hydrogen-bond acceptors (Lipinski definition) is 3. The van der Waals surface area contributed by atoms with E-state index < -0.39 is 32.6 Å². The summed E-state index contributed by atoms with van der Waals surface area (Å²) in [7, 11) is -4.00. The molecule has 0 saturated heterocycles. The molecule has 2 aromatic rings. The molecule has 0 amide bonds. The maximum atomic E-state index is 13.7. The molecule has 1 aliphatic heterocycles. The van der Waals surface area contributed by atoms with Gasteiger partial charge in [-0.1, -0.05) is 12.1 Å². The van der Waals surface area contributed by atoms with E-state index in [0.29, 0.717) is 17.7 Å². The van der Waals surface area contributed by atoms with Crippen LogP contribution in [0.3, 0.4) is 0 Å². The second-order valence-corrected chi connectivity index (χ2v) is 7.74. The molecule has 1 unspecified atom stereocenters. The van der Waals surface area contributed by atoms with E-state index in [1.165, 1.54) is 30.3 Å². The Balaban J connectivity index is 1.95. The van der Waals surface area contributed by atoms with Gasteiger partial charge in [0.2, 0.25) is 10.0 Å². The first-order valence-electron chi connectivity index (χ1n) is 6.66. The van der Waals surface area contributed by atoms with E-state index in [1.54, 1.807) is 17.8 Å². The van der Waals surface area contributed by atoms with Gasteiger partial charge in [-0.15, -0.1) is 11.8 Å². The fourth-order valence-electron chi connectivity index (χ4n) is 2.40. The van der Waals surface area contributed by atoms with Crippen molar-refractivity contribution >= 4 is 21.8 Å². The van der Waals surface area contributed by atoms with Gasteiger partial charge in [-0.2, -0.15) is 0 Å². The minimum Gasteiger partial charge on any atom is -0.207 e. The molecule has 3 nitrogen and oxygen atoms in total. The van der Waals surface area contributed by atoms with Crippen molar-refractivity contribution in [3.63, 3.8) is 0 Å². The number of benzene rings is 2. The van der Waals surface area contributed by atoms with Crippen LogP contribution in [-0.4, -0.2) is 14.2 Å². The van der Waals surface area contributed by atoms with Crippen LogP contribution < -0.4 is 4.72 Å². The van der Waals surface area contributed by atoms with Crippen molar-refractivity contribution in [2.24, 2.45) is 0 Å². The summed E-state index contributed by atoms with van der Waals surface area (Å²) in [5.41, 5.74) is 0.594. The number of fused-ring (bicyclic) bond motifs is 1. The zero-order chi connectivity index (χ0) is 15.7. The van der Waals surface area contributed by atoms with Crippen molar-refractivity contribution < 1.29 is 17.2 Å². The summed E-state index contributed by atoms with van der Waals surface area (Å²) in [5.74, 6) is -0.515. The van der Waals surface area contributed by atoms with Crippen molar-refractivity contribution in [2.45, 2.75) is 22.3 Å². The quantitative estimate of drug-likeness (QED) is 0.930. The average Bonchev–Trinajstić information content (AvgIpc) is 2.48. The molecule has 0 aromatic heterocycles. The third kappa shape index (κ3) is 3.02. The minimum absolute atomic E-state index is 0.397. The second kappa shape index (κ2) is 5.98. The number of hydrogen-bond donors (Lipinski definition) is 1. The maximum Gasteiger partial charge on any atom is 0.244 e. The molecule has 0 spiro atoms. The van der Waals surface area contributed by atoms with Gasteiger partial charge in [-0.3, -0.25) is 0 Å². The fourth-order valence-corrected chi connectivity index (χ4v) is 4.84. The van der Waals surface area contributed by atoms with Crippen LogP contribution in [-0.2, 0) is 10.0 Å². The van der Waals surface area contributed by atoms with Gasteiger partial charge < -0.3 is 0 Å². The van der Waals surface area contributed by atoms with Gasteiger partial charge in [0.05, 0.1) is 0 Å². The topological polar surface area (TPSA) is 46.2 Å². The zero-order valence-corrected chi connectivity index (χ0v) is 13.1. The molecule has 0 radical (unpaired) electrons. The van der Waals surface area contributed by atoms with Gasteiger partial charge >= 0.3 is 0 Å². The molecule has 116 valence electrons. The highest BCUT2D eigenvalue weighted by atomic mass is 32.2. The van der Waals surface area contributed by atoms with Crippen LogP contribution in [0, 0.1) is 11.6 Å². The molecule has 2 aromatic carbocycles. The molecule has 22 heavy (non-hydrogen) atoms. The van der Waals surface area contributed by atoms with Gasteiger partial charge in [-0.05, 0) is 48.1 Å².